The molecule has 1 saturated heterocycles. The van der Waals surface area contributed by atoms with Crippen molar-refractivity contribution in [1.29, 1.82) is 0 Å². The third kappa shape index (κ3) is 2.88. The van der Waals surface area contributed by atoms with E-state index in [9.17, 15) is 4.91 Å². The molecule has 2 aliphatic heterocycles. The van der Waals surface area contributed by atoms with Crippen molar-refractivity contribution in [2.45, 2.75) is 6.17 Å². The zero-order valence-corrected chi connectivity index (χ0v) is 11.2. The van der Waals surface area contributed by atoms with Crippen LogP contribution in [0, 0.1) is 4.91 Å². The third-order valence-electron chi connectivity index (χ3n) is 3.46. The summed E-state index contributed by atoms with van der Waals surface area (Å²) in [7, 11) is 0. The fourth-order valence-corrected chi connectivity index (χ4v) is 2.38. The maximum Gasteiger partial charge on any atom is 0.301 e. The first kappa shape index (κ1) is 12.9. The van der Waals surface area contributed by atoms with Crippen LogP contribution in [0.3, 0.4) is 0 Å². The standard InChI is InChI=1S/C15H18N3O2/c19-18-7-6-14(17-8-10-20-11-9-17)12-15(18)16-13-4-2-1-3-5-13/h1-7,12,15-16H,8-11H2/q+1. The smallest absolute Gasteiger partial charge is 0.301 e. The van der Waals surface area contributed by atoms with Crippen LogP contribution in [-0.4, -0.2) is 42.1 Å². The molecule has 1 aromatic carbocycles. The predicted molar refractivity (Wildman–Crippen MR) is 77.1 cm³/mol. The number of rotatable bonds is 3. The Hall–Kier alpha value is -2.14. The van der Waals surface area contributed by atoms with Crippen molar-refractivity contribution in [2.75, 3.05) is 31.6 Å². The van der Waals surface area contributed by atoms with Gasteiger partial charge in [0.1, 0.15) is 0 Å². The van der Waals surface area contributed by atoms with Crippen LogP contribution in [0.1, 0.15) is 0 Å². The number of anilines is 1. The van der Waals surface area contributed by atoms with E-state index < -0.39 is 0 Å². The van der Waals surface area contributed by atoms with Crippen LogP contribution in [-0.2, 0) is 4.74 Å². The van der Waals surface area contributed by atoms with Gasteiger partial charge in [0.15, 0.2) is 0 Å². The Morgan fingerprint density at radius 2 is 1.95 bits per heavy atom. The van der Waals surface area contributed by atoms with Gasteiger partial charge in [-0.05, 0) is 12.1 Å². The maximum atomic E-state index is 11.9. The van der Waals surface area contributed by atoms with Gasteiger partial charge in [-0.25, -0.2) is 0 Å². The van der Waals surface area contributed by atoms with Crippen LogP contribution in [0.15, 0.2) is 54.4 Å². The summed E-state index contributed by atoms with van der Waals surface area (Å²) >= 11 is 0. The van der Waals surface area contributed by atoms with Crippen molar-refractivity contribution < 1.29 is 9.50 Å². The Labute approximate surface area is 118 Å². The molecule has 0 aliphatic carbocycles. The van der Waals surface area contributed by atoms with E-state index >= 15 is 0 Å². The normalized spacial score (nSPS) is 22.6. The van der Waals surface area contributed by atoms with E-state index in [0.717, 1.165) is 42.4 Å². The number of hydrogen-bond acceptors (Lipinski definition) is 4. The van der Waals surface area contributed by atoms with Gasteiger partial charge in [0.2, 0.25) is 6.20 Å². The second-order valence-electron chi connectivity index (χ2n) is 4.82. The molecule has 104 valence electrons. The van der Waals surface area contributed by atoms with Gasteiger partial charge in [0.25, 0.3) is 0 Å². The predicted octanol–water partition coefficient (Wildman–Crippen LogP) is 1.95. The van der Waals surface area contributed by atoms with Crippen LogP contribution in [0.4, 0.5) is 5.69 Å². The average Bonchev–Trinajstić information content (AvgIpc) is 2.51. The summed E-state index contributed by atoms with van der Waals surface area (Å²) < 4.78 is 6.28. The van der Waals surface area contributed by atoms with Crippen molar-refractivity contribution in [2.24, 2.45) is 0 Å². The second-order valence-corrected chi connectivity index (χ2v) is 4.82. The molecule has 1 atom stereocenters. The zero-order chi connectivity index (χ0) is 13.8. The van der Waals surface area contributed by atoms with Crippen LogP contribution >= 0.6 is 0 Å². The quantitative estimate of drug-likeness (QED) is 0.854. The van der Waals surface area contributed by atoms with Gasteiger partial charge in [-0.3, -0.25) is 0 Å². The first-order valence-corrected chi connectivity index (χ1v) is 6.83. The van der Waals surface area contributed by atoms with Crippen molar-refractivity contribution in [3.8, 4) is 0 Å². The topological polar surface area (TPSA) is 44.6 Å². The van der Waals surface area contributed by atoms with Crippen LogP contribution < -0.4 is 5.32 Å². The molecular weight excluding hydrogens is 254 g/mol. The average molecular weight is 272 g/mol. The van der Waals surface area contributed by atoms with Crippen molar-refractivity contribution >= 4 is 5.69 Å². The summed E-state index contributed by atoms with van der Waals surface area (Å²) in [5, 5.41) is 3.23. The van der Waals surface area contributed by atoms with Crippen LogP contribution in [0.5, 0.6) is 0 Å². The summed E-state index contributed by atoms with van der Waals surface area (Å²) in [4.78, 5) is 14.1. The number of ether oxygens (including phenoxy) is 1. The lowest BCUT2D eigenvalue weighted by Gasteiger charge is -2.30. The number of morpholine rings is 1. The summed E-state index contributed by atoms with van der Waals surface area (Å²) in [6.07, 6.45) is 5.03. The minimum atomic E-state index is -0.375. The lowest BCUT2D eigenvalue weighted by atomic mass is 10.2. The number of para-hydroxylation sites is 1. The Morgan fingerprint density at radius 3 is 2.70 bits per heavy atom. The summed E-state index contributed by atoms with van der Waals surface area (Å²) in [5.74, 6) is 0. The van der Waals surface area contributed by atoms with E-state index in [-0.39, 0.29) is 6.17 Å². The Bertz CT molecular complexity index is 533. The van der Waals surface area contributed by atoms with Crippen molar-refractivity contribution in [1.82, 2.24) is 4.90 Å². The van der Waals surface area contributed by atoms with Gasteiger partial charge in [-0.2, -0.15) is 0 Å². The van der Waals surface area contributed by atoms with Gasteiger partial charge in [-0.15, -0.1) is 0 Å². The van der Waals surface area contributed by atoms with Crippen LogP contribution in [0.25, 0.3) is 0 Å². The van der Waals surface area contributed by atoms with E-state index in [1.165, 1.54) is 0 Å². The monoisotopic (exact) mass is 272 g/mol. The van der Waals surface area contributed by atoms with Gasteiger partial charge in [0.05, 0.1) is 18.0 Å². The highest BCUT2D eigenvalue weighted by atomic mass is 16.5. The molecule has 20 heavy (non-hydrogen) atoms. The minimum Gasteiger partial charge on any atom is -0.378 e. The van der Waals surface area contributed by atoms with Crippen LogP contribution in [0.2, 0.25) is 0 Å². The third-order valence-corrected chi connectivity index (χ3v) is 3.46. The minimum absolute atomic E-state index is 0.375. The fraction of sp³-hybridized carbons (Fsp3) is 0.333. The maximum absolute atomic E-state index is 11.9. The molecule has 1 fully saturated rings. The number of benzene rings is 1. The number of nitrogens with one attached hydrogen (secondary N) is 1. The number of allylic oxidation sites excluding steroid dienone is 1. The Kier molecular flexibility index (Phi) is 3.78. The second kappa shape index (κ2) is 5.88. The molecule has 2 heterocycles. The molecule has 5 nitrogen and oxygen atoms in total. The van der Waals surface area contributed by atoms with Crippen molar-refractivity contribution in [3.05, 3.63) is 59.3 Å². The van der Waals surface area contributed by atoms with E-state index in [2.05, 4.69) is 10.2 Å². The lowest BCUT2D eigenvalue weighted by molar-refractivity contribution is -0.503. The molecule has 3 rings (SSSR count). The van der Waals surface area contributed by atoms with Gasteiger partial charge < -0.3 is 15.0 Å². The highest BCUT2D eigenvalue weighted by Gasteiger charge is 2.27. The van der Waals surface area contributed by atoms with Gasteiger partial charge >= 0.3 is 6.17 Å². The molecule has 0 aromatic heterocycles. The first-order valence-electron chi connectivity index (χ1n) is 6.83. The summed E-state index contributed by atoms with van der Waals surface area (Å²) in [5.41, 5.74) is 2.01. The lowest BCUT2D eigenvalue weighted by Crippen LogP contribution is -2.38. The first-order chi connectivity index (χ1) is 9.83. The van der Waals surface area contributed by atoms with E-state index in [4.69, 9.17) is 4.74 Å². The highest BCUT2D eigenvalue weighted by molar-refractivity contribution is 5.44. The summed E-state index contributed by atoms with van der Waals surface area (Å²) in [6.45, 7) is 3.21. The summed E-state index contributed by atoms with van der Waals surface area (Å²) in [6, 6.07) is 9.75. The van der Waals surface area contributed by atoms with E-state index in [1.807, 2.05) is 42.5 Å². The SMILES string of the molecule is O=[N+]1C=CC(N2CCOCC2)=CC1Nc1ccccc1. The Balaban J connectivity index is 1.74. The zero-order valence-electron chi connectivity index (χ0n) is 11.2. The molecule has 0 amide bonds. The molecule has 0 saturated carbocycles. The molecule has 5 heteroatoms. The molecular formula is C15H18N3O2+. The number of hydrogen-bond donors (Lipinski definition) is 1. The fourth-order valence-electron chi connectivity index (χ4n) is 2.38. The van der Waals surface area contributed by atoms with E-state index in [1.54, 1.807) is 6.20 Å². The number of nitrogens with zero attached hydrogens (tertiary/aromatic N) is 2. The molecule has 2 aliphatic rings. The molecule has 0 radical (unpaired) electrons. The molecule has 0 bridgehead atoms. The molecule has 1 N–H and O–H groups in total. The largest absolute Gasteiger partial charge is 0.378 e. The number of nitroso groups, excluding NO2 is 1. The molecule has 1 unspecified atom stereocenters. The Morgan fingerprint density at radius 1 is 1.20 bits per heavy atom. The van der Waals surface area contributed by atoms with Crippen molar-refractivity contribution in [3.63, 3.8) is 0 Å². The molecule has 1 aromatic rings. The molecule has 0 spiro atoms. The van der Waals surface area contributed by atoms with E-state index in [0.29, 0.717) is 0 Å². The van der Waals surface area contributed by atoms with Gasteiger partial charge in [0, 0.05) is 41.5 Å². The van der Waals surface area contributed by atoms with Gasteiger partial charge in [-0.1, -0.05) is 18.2 Å². The highest BCUT2D eigenvalue weighted by Crippen LogP contribution is 2.17.